The lowest BCUT2D eigenvalue weighted by Crippen LogP contribution is -2.37. The van der Waals surface area contributed by atoms with Crippen molar-refractivity contribution in [3.8, 4) is 0 Å². The molecule has 3 aromatic rings. The van der Waals surface area contributed by atoms with E-state index < -0.39 is 0 Å². The number of hydrogen-bond donors (Lipinski definition) is 2. The molecule has 144 valence electrons. The van der Waals surface area contributed by atoms with Crippen LogP contribution in [-0.4, -0.2) is 40.0 Å². The Labute approximate surface area is 162 Å². The summed E-state index contributed by atoms with van der Waals surface area (Å²) in [6.07, 6.45) is 3.56. The van der Waals surface area contributed by atoms with Crippen molar-refractivity contribution in [2.45, 2.75) is 26.8 Å². The molecular weight excluding hydrogens is 356 g/mol. The number of nitrogens with one attached hydrogen (secondary N) is 2. The summed E-state index contributed by atoms with van der Waals surface area (Å²) in [5.41, 5.74) is 5.02. The molecule has 0 radical (unpaired) electrons. The van der Waals surface area contributed by atoms with E-state index in [1.54, 1.807) is 24.2 Å². The normalized spacial score (nSPS) is 13.3. The summed E-state index contributed by atoms with van der Waals surface area (Å²) in [5, 5.41) is 4.05. The largest absolute Gasteiger partial charge is 0.450 e. The number of hydrogen-bond acceptors (Lipinski definition) is 4. The number of amides is 2. The number of H-pyrrole nitrogens is 1. The topological polar surface area (TPSA) is 87.3 Å². The first kappa shape index (κ1) is 18.0. The highest BCUT2D eigenvalue weighted by Crippen LogP contribution is 2.26. The highest BCUT2D eigenvalue weighted by molar-refractivity contribution is 6.09. The number of rotatable bonds is 3. The number of carbonyl (C=O) groups is 2. The van der Waals surface area contributed by atoms with Gasteiger partial charge in [-0.05, 0) is 43.5 Å². The number of aromatic amines is 1. The summed E-state index contributed by atoms with van der Waals surface area (Å²) in [6, 6.07) is 7.84. The van der Waals surface area contributed by atoms with Crippen LogP contribution in [0.15, 0.2) is 36.7 Å². The van der Waals surface area contributed by atoms with Crippen molar-refractivity contribution in [2.75, 3.05) is 18.5 Å². The van der Waals surface area contributed by atoms with Gasteiger partial charge in [0.2, 0.25) is 0 Å². The molecule has 2 N–H and O–H groups in total. The predicted molar refractivity (Wildman–Crippen MR) is 106 cm³/mol. The molecule has 0 saturated carbocycles. The number of nitrogens with zero attached hydrogens (tertiary/aromatic N) is 2. The molecule has 2 aromatic heterocycles. The van der Waals surface area contributed by atoms with Crippen LogP contribution in [0.5, 0.6) is 0 Å². The van der Waals surface area contributed by atoms with Crippen LogP contribution >= 0.6 is 0 Å². The van der Waals surface area contributed by atoms with Gasteiger partial charge in [-0.2, -0.15) is 0 Å². The molecule has 0 fully saturated rings. The molecule has 7 nitrogen and oxygen atoms in total. The monoisotopic (exact) mass is 378 g/mol. The quantitative estimate of drug-likeness (QED) is 0.728. The summed E-state index contributed by atoms with van der Waals surface area (Å²) in [4.78, 5) is 34.1. The number of carbonyl (C=O) groups excluding carboxylic acids is 2. The van der Waals surface area contributed by atoms with Crippen molar-refractivity contribution in [1.29, 1.82) is 0 Å². The van der Waals surface area contributed by atoms with Gasteiger partial charge in [0.25, 0.3) is 5.91 Å². The van der Waals surface area contributed by atoms with E-state index in [1.807, 2.05) is 31.2 Å². The lowest BCUT2D eigenvalue weighted by atomic mass is 9.97. The number of fused-ring (bicyclic) bond motifs is 2. The second-order valence-electron chi connectivity index (χ2n) is 6.87. The molecule has 4 rings (SSSR count). The van der Waals surface area contributed by atoms with E-state index in [-0.39, 0.29) is 12.0 Å². The Morgan fingerprint density at radius 3 is 3.00 bits per heavy atom. The Hall–Kier alpha value is -3.35. The van der Waals surface area contributed by atoms with Gasteiger partial charge in [-0.3, -0.25) is 9.78 Å². The summed E-state index contributed by atoms with van der Waals surface area (Å²) in [7, 11) is 0. The van der Waals surface area contributed by atoms with Crippen LogP contribution in [0.2, 0.25) is 0 Å². The summed E-state index contributed by atoms with van der Waals surface area (Å²) in [5.74, 6) is -0.200. The lowest BCUT2D eigenvalue weighted by molar-refractivity contribution is 0.101. The number of aryl methyl sites for hydroxylation is 1. The summed E-state index contributed by atoms with van der Waals surface area (Å²) in [6.45, 7) is 5.02. The first-order chi connectivity index (χ1) is 13.6. The average Bonchev–Trinajstić information content (AvgIpc) is 3.08. The van der Waals surface area contributed by atoms with Crippen LogP contribution in [-0.2, 0) is 17.7 Å². The molecule has 1 aromatic carbocycles. The number of para-hydroxylation sites is 1. The Bertz CT molecular complexity index is 1060. The molecule has 0 bridgehead atoms. The predicted octanol–water partition coefficient (Wildman–Crippen LogP) is 3.64. The van der Waals surface area contributed by atoms with E-state index in [0.717, 1.165) is 33.4 Å². The Kier molecular flexibility index (Phi) is 4.73. The zero-order chi connectivity index (χ0) is 19.7. The van der Waals surface area contributed by atoms with Gasteiger partial charge in [0.15, 0.2) is 0 Å². The summed E-state index contributed by atoms with van der Waals surface area (Å²) >= 11 is 0. The van der Waals surface area contributed by atoms with Crippen LogP contribution in [0.3, 0.4) is 0 Å². The van der Waals surface area contributed by atoms with E-state index >= 15 is 0 Å². The molecule has 0 unspecified atom stereocenters. The first-order valence-corrected chi connectivity index (χ1v) is 9.34. The van der Waals surface area contributed by atoms with Crippen molar-refractivity contribution < 1.29 is 14.3 Å². The van der Waals surface area contributed by atoms with Gasteiger partial charge in [0.1, 0.15) is 0 Å². The third-order valence-corrected chi connectivity index (χ3v) is 4.95. The van der Waals surface area contributed by atoms with Crippen LogP contribution in [0, 0.1) is 6.92 Å². The molecule has 3 heterocycles. The number of pyridine rings is 1. The fraction of sp³-hybridized carbons (Fsp3) is 0.286. The van der Waals surface area contributed by atoms with Gasteiger partial charge >= 0.3 is 6.09 Å². The SMILES string of the molecule is CCOC(=O)N1CCc2c(cncc2C(=O)Nc2cccc3cc(C)[nH]c23)C1. The Balaban J connectivity index is 1.59. The molecule has 7 heteroatoms. The highest BCUT2D eigenvalue weighted by Gasteiger charge is 2.25. The third-order valence-electron chi connectivity index (χ3n) is 4.95. The molecule has 1 aliphatic heterocycles. The van der Waals surface area contributed by atoms with E-state index in [1.165, 1.54) is 0 Å². The number of anilines is 1. The van der Waals surface area contributed by atoms with Crippen LogP contribution < -0.4 is 5.32 Å². The molecule has 0 saturated heterocycles. The molecule has 0 spiro atoms. The van der Waals surface area contributed by atoms with Gasteiger partial charge in [0, 0.05) is 30.0 Å². The van der Waals surface area contributed by atoms with E-state index in [9.17, 15) is 9.59 Å². The maximum atomic E-state index is 13.0. The van der Waals surface area contributed by atoms with E-state index in [2.05, 4.69) is 15.3 Å². The zero-order valence-corrected chi connectivity index (χ0v) is 15.9. The first-order valence-electron chi connectivity index (χ1n) is 9.34. The lowest BCUT2D eigenvalue weighted by Gasteiger charge is -2.28. The minimum atomic E-state index is -0.336. The van der Waals surface area contributed by atoms with Gasteiger partial charge in [0.05, 0.1) is 29.9 Å². The van der Waals surface area contributed by atoms with Crippen molar-refractivity contribution in [1.82, 2.24) is 14.9 Å². The molecular formula is C21H22N4O3. The average molecular weight is 378 g/mol. The molecule has 28 heavy (non-hydrogen) atoms. The van der Waals surface area contributed by atoms with Crippen LogP contribution in [0.1, 0.15) is 34.1 Å². The number of ether oxygens (including phenoxy) is 1. The Morgan fingerprint density at radius 1 is 1.32 bits per heavy atom. The standard InChI is InChI=1S/C21H22N4O3/c1-3-28-21(27)25-8-7-16-15(12-25)10-22-11-17(16)20(26)24-18-6-4-5-14-9-13(2)23-19(14)18/h4-6,9-11,23H,3,7-8,12H2,1-2H3,(H,24,26). The molecule has 2 amide bonds. The molecule has 0 aliphatic carbocycles. The van der Waals surface area contributed by atoms with Crippen LogP contribution in [0.25, 0.3) is 10.9 Å². The highest BCUT2D eigenvalue weighted by atomic mass is 16.6. The van der Waals surface area contributed by atoms with Gasteiger partial charge in [-0.1, -0.05) is 12.1 Å². The van der Waals surface area contributed by atoms with Crippen molar-refractivity contribution in [2.24, 2.45) is 0 Å². The fourth-order valence-corrected chi connectivity index (χ4v) is 3.65. The smallest absolute Gasteiger partial charge is 0.410 e. The molecule has 1 aliphatic rings. The number of aromatic nitrogens is 2. The zero-order valence-electron chi connectivity index (χ0n) is 15.9. The van der Waals surface area contributed by atoms with Crippen molar-refractivity contribution >= 4 is 28.6 Å². The second-order valence-corrected chi connectivity index (χ2v) is 6.87. The Morgan fingerprint density at radius 2 is 2.18 bits per heavy atom. The van der Waals surface area contributed by atoms with Gasteiger partial charge < -0.3 is 19.9 Å². The van der Waals surface area contributed by atoms with Gasteiger partial charge in [-0.15, -0.1) is 0 Å². The van der Waals surface area contributed by atoms with E-state index in [0.29, 0.717) is 31.7 Å². The maximum Gasteiger partial charge on any atom is 0.410 e. The minimum Gasteiger partial charge on any atom is -0.450 e. The van der Waals surface area contributed by atoms with Crippen molar-refractivity contribution in [3.63, 3.8) is 0 Å². The number of benzene rings is 1. The van der Waals surface area contributed by atoms with Crippen molar-refractivity contribution in [3.05, 3.63) is 59.0 Å². The third kappa shape index (κ3) is 3.31. The maximum absolute atomic E-state index is 13.0. The fourth-order valence-electron chi connectivity index (χ4n) is 3.65. The molecule has 0 atom stereocenters. The second kappa shape index (κ2) is 7.34. The van der Waals surface area contributed by atoms with Crippen LogP contribution in [0.4, 0.5) is 10.5 Å². The summed E-state index contributed by atoms with van der Waals surface area (Å²) < 4.78 is 5.08. The minimum absolute atomic E-state index is 0.200. The van der Waals surface area contributed by atoms with Gasteiger partial charge in [-0.25, -0.2) is 4.79 Å². The van der Waals surface area contributed by atoms with E-state index in [4.69, 9.17) is 4.74 Å².